The van der Waals surface area contributed by atoms with Crippen molar-refractivity contribution in [3.8, 4) is 0 Å². The van der Waals surface area contributed by atoms with Gasteiger partial charge in [-0.3, -0.25) is 9.40 Å². The molecule has 2 heterocycles. The number of hydrogen-bond donors (Lipinski definition) is 3. The monoisotopic (exact) mass is 404 g/mol. The Hall–Kier alpha value is -2.17. The Kier molecular flexibility index (Phi) is 4.91. The number of nitrogens with zero attached hydrogens (tertiary/aromatic N) is 2. The number of sulfonamides is 1. The lowest BCUT2D eigenvalue weighted by Gasteiger charge is -2.13. The number of fused-ring (bicyclic) bond motifs is 1. The third kappa shape index (κ3) is 3.27. The van der Waals surface area contributed by atoms with Crippen molar-refractivity contribution in [2.75, 3.05) is 11.3 Å². The molecule has 3 rings (SSSR count). The van der Waals surface area contributed by atoms with Crippen LogP contribution in [0, 0.1) is 6.92 Å². The van der Waals surface area contributed by atoms with E-state index in [2.05, 4.69) is 14.8 Å². The summed E-state index contributed by atoms with van der Waals surface area (Å²) in [6, 6.07) is 1.44. The molecule has 140 valence electrons. The van der Waals surface area contributed by atoms with Gasteiger partial charge in [-0.05, 0) is 24.6 Å². The molecule has 0 saturated carbocycles. The first-order valence-corrected chi connectivity index (χ1v) is 9.33. The highest BCUT2D eigenvalue weighted by atomic mass is 35.5. The normalized spacial score (nSPS) is 13.5. The zero-order valence-corrected chi connectivity index (χ0v) is 15.0. The van der Waals surface area contributed by atoms with Crippen molar-refractivity contribution in [3.05, 3.63) is 41.3 Å². The van der Waals surface area contributed by atoms with Crippen LogP contribution in [-0.2, 0) is 10.0 Å². The van der Waals surface area contributed by atoms with Crippen molar-refractivity contribution in [2.24, 2.45) is 0 Å². The zero-order valence-electron chi connectivity index (χ0n) is 13.4. The van der Waals surface area contributed by atoms with Crippen LogP contribution in [0.15, 0.2) is 35.6 Å². The third-order valence-corrected chi connectivity index (χ3v) is 5.57. The lowest BCUT2D eigenvalue weighted by molar-refractivity contribution is 0.0420. The van der Waals surface area contributed by atoms with E-state index in [1.807, 2.05) is 6.92 Å². The Balaban J connectivity index is 1.96. The number of halogens is 3. The van der Waals surface area contributed by atoms with Crippen LogP contribution in [-0.4, -0.2) is 41.3 Å². The van der Waals surface area contributed by atoms with Gasteiger partial charge in [-0.1, -0.05) is 11.6 Å². The number of rotatable bonds is 6. The molecule has 0 aliphatic rings. The lowest BCUT2D eigenvalue weighted by Crippen LogP contribution is -2.21. The molecule has 0 aliphatic heterocycles. The molecule has 0 radical (unpaired) electrons. The van der Waals surface area contributed by atoms with E-state index in [1.165, 1.54) is 6.07 Å². The van der Waals surface area contributed by atoms with Gasteiger partial charge in [-0.15, -0.1) is 0 Å². The number of anilines is 1. The second kappa shape index (κ2) is 6.86. The molecular weight excluding hydrogens is 390 g/mol. The van der Waals surface area contributed by atoms with Gasteiger partial charge in [0.25, 0.3) is 16.4 Å². The van der Waals surface area contributed by atoms with Gasteiger partial charge < -0.3 is 10.1 Å². The Labute approximate surface area is 152 Å². The van der Waals surface area contributed by atoms with Gasteiger partial charge >= 0.3 is 0 Å². The molecule has 0 saturated heterocycles. The summed E-state index contributed by atoms with van der Waals surface area (Å²) in [6.45, 7) is 0.957. The van der Waals surface area contributed by atoms with Crippen molar-refractivity contribution < 1.29 is 22.3 Å². The van der Waals surface area contributed by atoms with Gasteiger partial charge in [0.15, 0.2) is 0 Å². The summed E-state index contributed by atoms with van der Waals surface area (Å²) in [5.74, 6) is 0. The van der Waals surface area contributed by atoms with Crippen LogP contribution in [0.25, 0.3) is 10.9 Å². The second-order valence-electron chi connectivity index (χ2n) is 5.66. The molecule has 0 aliphatic carbocycles. The smallest absolute Gasteiger partial charge is 0.265 e. The van der Waals surface area contributed by atoms with Crippen molar-refractivity contribution >= 4 is 38.2 Å². The van der Waals surface area contributed by atoms with Crippen molar-refractivity contribution in [1.82, 2.24) is 14.8 Å². The Morgan fingerprint density at radius 3 is 2.81 bits per heavy atom. The Morgan fingerprint density at radius 1 is 1.42 bits per heavy atom. The predicted octanol–water partition coefficient (Wildman–Crippen LogP) is 2.93. The number of aromatic nitrogens is 3. The number of aryl methyl sites for hydroxylation is 1. The van der Waals surface area contributed by atoms with Crippen LogP contribution < -0.4 is 4.72 Å². The number of H-pyrrole nitrogens is 1. The first-order chi connectivity index (χ1) is 12.2. The van der Waals surface area contributed by atoms with E-state index >= 15 is 0 Å². The topological polar surface area (TPSA) is 100 Å². The standard InChI is InChI=1S/C15H15ClF2N4O3S/c1-8-4-19-14-11(3-2-10(16)13(8)14)21-26(24,25)9-5-20-22(6-9)12(7-23)15(17)18/h2-6,12,15,19,21,23H,7H2,1H3/t12-/m0/s1. The summed E-state index contributed by atoms with van der Waals surface area (Å²) in [6.07, 6.45) is 0.699. The van der Waals surface area contributed by atoms with E-state index < -0.39 is 29.1 Å². The molecule has 3 aromatic rings. The fraction of sp³-hybridized carbons (Fsp3) is 0.267. The van der Waals surface area contributed by atoms with Crippen molar-refractivity contribution in [2.45, 2.75) is 24.3 Å². The highest BCUT2D eigenvalue weighted by molar-refractivity contribution is 7.92. The first-order valence-electron chi connectivity index (χ1n) is 7.46. The maximum Gasteiger partial charge on any atom is 0.265 e. The zero-order chi connectivity index (χ0) is 19.1. The number of hydrogen-bond acceptors (Lipinski definition) is 4. The molecule has 11 heteroatoms. The summed E-state index contributed by atoms with van der Waals surface area (Å²) in [4.78, 5) is 2.65. The molecule has 3 N–H and O–H groups in total. The molecule has 1 atom stereocenters. The maximum absolute atomic E-state index is 12.9. The van der Waals surface area contributed by atoms with E-state index in [9.17, 15) is 17.2 Å². The molecule has 1 aromatic carbocycles. The van der Waals surface area contributed by atoms with E-state index in [0.717, 1.165) is 22.6 Å². The number of alkyl halides is 2. The number of aliphatic hydroxyl groups excluding tert-OH is 1. The van der Waals surface area contributed by atoms with Gasteiger partial charge in [0.05, 0.1) is 29.0 Å². The highest BCUT2D eigenvalue weighted by Crippen LogP contribution is 2.32. The van der Waals surface area contributed by atoms with Gasteiger partial charge in [-0.25, -0.2) is 17.2 Å². The summed E-state index contributed by atoms with van der Waals surface area (Å²) < 4.78 is 54.0. The minimum Gasteiger partial charge on any atom is -0.394 e. The van der Waals surface area contributed by atoms with Gasteiger partial charge in [-0.2, -0.15) is 5.10 Å². The summed E-state index contributed by atoms with van der Waals surface area (Å²) in [7, 11) is -4.08. The van der Waals surface area contributed by atoms with E-state index in [1.54, 1.807) is 12.3 Å². The SMILES string of the molecule is Cc1c[nH]c2c(NS(=O)(=O)c3cnn([C@@H](CO)C(F)F)c3)ccc(Cl)c12. The number of nitrogens with one attached hydrogen (secondary N) is 2. The van der Waals surface area contributed by atoms with Gasteiger partial charge in [0.1, 0.15) is 10.9 Å². The summed E-state index contributed by atoms with van der Waals surface area (Å²) in [5, 5.41) is 13.8. The Bertz CT molecular complexity index is 1050. The van der Waals surface area contributed by atoms with E-state index in [4.69, 9.17) is 16.7 Å². The molecule has 0 bridgehead atoms. The average Bonchev–Trinajstić information content (AvgIpc) is 3.19. The number of aliphatic hydroxyl groups is 1. The minimum absolute atomic E-state index is 0.262. The second-order valence-corrected chi connectivity index (χ2v) is 7.75. The van der Waals surface area contributed by atoms with Crippen LogP contribution >= 0.6 is 11.6 Å². The fourth-order valence-electron chi connectivity index (χ4n) is 2.57. The van der Waals surface area contributed by atoms with E-state index in [0.29, 0.717) is 15.9 Å². The maximum atomic E-state index is 12.9. The molecule has 26 heavy (non-hydrogen) atoms. The summed E-state index contributed by atoms with van der Waals surface area (Å²) in [5.41, 5.74) is 1.62. The van der Waals surface area contributed by atoms with Crippen LogP contribution in [0.3, 0.4) is 0 Å². The predicted molar refractivity (Wildman–Crippen MR) is 93.2 cm³/mol. The number of benzene rings is 1. The van der Waals surface area contributed by atoms with Crippen molar-refractivity contribution in [3.63, 3.8) is 0 Å². The third-order valence-electron chi connectivity index (χ3n) is 3.93. The highest BCUT2D eigenvalue weighted by Gasteiger charge is 2.25. The molecule has 0 unspecified atom stereocenters. The van der Waals surface area contributed by atoms with Gasteiger partial charge in [0.2, 0.25) is 0 Å². The molecule has 2 aromatic heterocycles. The van der Waals surface area contributed by atoms with E-state index in [-0.39, 0.29) is 10.6 Å². The van der Waals surface area contributed by atoms with Crippen LogP contribution in [0.1, 0.15) is 11.6 Å². The van der Waals surface area contributed by atoms with Crippen LogP contribution in [0.5, 0.6) is 0 Å². The first kappa shape index (κ1) is 18.6. The fourth-order valence-corrected chi connectivity index (χ4v) is 3.89. The van der Waals surface area contributed by atoms with Crippen molar-refractivity contribution in [1.29, 1.82) is 0 Å². The largest absolute Gasteiger partial charge is 0.394 e. The number of aromatic amines is 1. The molecule has 7 nitrogen and oxygen atoms in total. The minimum atomic E-state index is -4.08. The van der Waals surface area contributed by atoms with Crippen LogP contribution in [0.2, 0.25) is 5.02 Å². The quantitative estimate of drug-likeness (QED) is 0.588. The average molecular weight is 405 g/mol. The lowest BCUT2D eigenvalue weighted by atomic mass is 10.2. The van der Waals surface area contributed by atoms with Crippen LogP contribution in [0.4, 0.5) is 14.5 Å². The molecule has 0 amide bonds. The Morgan fingerprint density at radius 2 is 2.15 bits per heavy atom. The molecule has 0 spiro atoms. The summed E-state index contributed by atoms with van der Waals surface area (Å²) >= 11 is 6.14. The van der Waals surface area contributed by atoms with Gasteiger partial charge in [0, 0.05) is 17.8 Å². The molecule has 0 fully saturated rings. The molecular formula is C15H15ClF2N4O3S.